The van der Waals surface area contributed by atoms with E-state index in [1.54, 1.807) is 0 Å². The van der Waals surface area contributed by atoms with Crippen molar-refractivity contribution >= 4 is 27.5 Å². The molecule has 17 heavy (non-hydrogen) atoms. The number of amides is 1. The second kappa shape index (κ2) is 6.00. The summed E-state index contributed by atoms with van der Waals surface area (Å²) in [5.74, 6) is -0.770. The van der Waals surface area contributed by atoms with Crippen molar-refractivity contribution in [3.05, 3.63) is 28.0 Å². The summed E-state index contributed by atoms with van der Waals surface area (Å²) in [5.41, 5.74) is 5.78. The second-order valence-corrected chi connectivity index (χ2v) is 4.69. The van der Waals surface area contributed by atoms with Crippen molar-refractivity contribution in [2.75, 3.05) is 5.73 Å². The van der Waals surface area contributed by atoms with E-state index in [1.165, 1.54) is 12.1 Å². The predicted octanol–water partition coefficient (Wildman–Crippen LogP) is 3.09. The second-order valence-electron chi connectivity index (χ2n) is 3.84. The lowest BCUT2D eigenvalue weighted by atomic mass is 10.1. The molecule has 0 atom stereocenters. The molecular formula is C12H16BrFN2O. The van der Waals surface area contributed by atoms with E-state index < -0.39 is 5.82 Å². The van der Waals surface area contributed by atoms with E-state index in [0.717, 1.165) is 12.8 Å². The maximum atomic E-state index is 13.1. The quantitative estimate of drug-likeness (QED) is 0.840. The van der Waals surface area contributed by atoms with E-state index in [-0.39, 0.29) is 17.6 Å². The Morgan fingerprint density at radius 3 is 2.59 bits per heavy atom. The lowest BCUT2D eigenvalue weighted by Crippen LogP contribution is -2.34. The molecule has 0 unspecified atom stereocenters. The largest absolute Gasteiger partial charge is 0.396 e. The molecule has 1 aromatic carbocycles. The number of nitrogens with one attached hydrogen (secondary N) is 1. The molecule has 0 spiro atoms. The van der Waals surface area contributed by atoms with Crippen molar-refractivity contribution in [2.45, 2.75) is 32.7 Å². The van der Waals surface area contributed by atoms with E-state index in [2.05, 4.69) is 21.2 Å². The van der Waals surface area contributed by atoms with Gasteiger partial charge in [0.2, 0.25) is 0 Å². The first-order valence-electron chi connectivity index (χ1n) is 5.54. The summed E-state index contributed by atoms with van der Waals surface area (Å²) in [6, 6.07) is 2.68. The van der Waals surface area contributed by atoms with Gasteiger partial charge in [-0.05, 0) is 40.9 Å². The zero-order chi connectivity index (χ0) is 13.0. The van der Waals surface area contributed by atoms with Crippen LogP contribution in [0, 0.1) is 5.82 Å². The van der Waals surface area contributed by atoms with Crippen molar-refractivity contribution in [3.63, 3.8) is 0 Å². The topological polar surface area (TPSA) is 55.1 Å². The summed E-state index contributed by atoms with van der Waals surface area (Å²) >= 11 is 3.16. The van der Waals surface area contributed by atoms with Crippen LogP contribution in [-0.4, -0.2) is 11.9 Å². The highest BCUT2D eigenvalue weighted by atomic mass is 79.9. The molecule has 0 heterocycles. The van der Waals surface area contributed by atoms with Gasteiger partial charge >= 0.3 is 0 Å². The number of carbonyl (C=O) groups is 1. The van der Waals surface area contributed by atoms with Gasteiger partial charge in [-0.15, -0.1) is 0 Å². The Bertz CT molecular complexity index is 419. The minimum absolute atomic E-state index is 0.0251. The van der Waals surface area contributed by atoms with Crippen molar-refractivity contribution in [1.29, 1.82) is 0 Å². The molecule has 0 aliphatic carbocycles. The first-order chi connectivity index (χ1) is 7.99. The summed E-state index contributed by atoms with van der Waals surface area (Å²) in [4.78, 5) is 11.9. The molecule has 0 bridgehead atoms. The normalized spacial score (nSPS) is 10.6. The molecule has 0 fully saturated rings. The smallest absolute Gasteiger partial charge is 0.252 e. The molecule has 0 radical (unpaired) electrons. The minimum atomic E-state index is -0.532. The maximum Gasteiger partial charge on any atom is 0.252 e. The Kier molecular flexibility index (Phi) is 4.93. The van der Waals surface area contributed by atoms with Gasteiger partial charge in [-0.2, -0.15) is 0 Å². The fraction of sp³-hybridized carbons (Fsp3) is 0.417. The monoisotopic (exact) mass is 302 g/mol. The summed E-state index contributed by atoms with van der Waals surface area (Å²) in [6.45, 7) is 4.00. The number of anilines is 1. The Morgan fingerprint density at radius 2 is 2.06 bits per heavy atom. The van der Waals surface area contributed by atoms with Crippen LogP contribution >= 0.6 is 15.9 Å². The van der Waals surface area contributed by atoms with Crippen molar-refractivity contribution in [1.82, 2.24) is 5.32 Å². The lowest BCUT2D eigenvalue weighted by Gasteiger charge is -2.15. The summed E-state index contributed by atoms with van der Waals surface area (Å²) in [7, 11) is 0. The first kappa shape index (κ1) is 14.0. The van der Waals surface area contributed by atoms with Gasteiger partial charge in [0, 0.05) is 10.5 Å². The average molecular weight is 303 g/mol. The maximum absolute atomic E-state index is 13.1. The Hall–Kier alpha value is -1.10. The van der Waals surface area contributed by atoms with Crippen molar-refractivity contribution in [3.8, 4) is 0 Å². The SMILES string of the molecule is CCC(CC)NC(=O)c1cc(N)c(F)cc1Br. The first-order valence-corrected chi connectivity index (χ1v) is 6.34. The molecule has 0 saturated heterocycles. The fourth-order valence-electron chi connectivity index (χ4n) is 1.50. The van der Waals surface area contributed by atoms with Gasteiger partial charge in [0.25, 0.3) is 5.91 Å². The number of nitrogen functional groups attached to an aromatic ring is 1. The number of halogens is 2. The Labute approximate surface area is 109 Å². The number of benzene rings is 1. The van der Waals surface area contributed by atoms with Crippen LogP contribution in [0.2, 0.25) is 0 Å². The zero-order valence-electron chi connectivity index (χ0n) is 9.89. The Balaban J connectivity index is 2.93. The summed E-state index contributed by atoms with van der Waals surface area (Å²) in [6.07, 6.45) is 1.72. The number of rotatable bonds is 4. The van der Waals surface area contributed by atoms with Crippen LogP contribution in [0.1, 0.15) is 37.0 Å². The molecule has 1 aromatic rings. The number of carbonyl (C=O) groups excluding carboxylic acids is 1. The fourth-order valence-corrected chi connectivity index (χ4v) is 1.99. The molecule has 0 saturated carbocycles. The minimum Gasteiger partial charge on any atom is -0.396 e. The van der Waals surface area contributed by atoms with E-state index in [9.17, 15) is 9.18 Å². The van der Waals surface area contributed by atoms with Crippen molar-refractivity contribution < 1.29 is 9.18 Å². The average Bonchev–Trinajstić information content (AvgIpc) is 2.30. The van der Waals surface area contributed by atoms with E-state index >= 15 is 0 Å². The van der Waals surface area contributed by atoms with Gasteiger partial charge < -0.3 is 11.1 Å². The molecule has 0 aliphatic heterocycles. The molecule has 5 heteroatoms. The third-order valence-electron chi connectivity index (χ3n) is 2.65. The lowest BCUT2D eigenvalue weighted by molar-refractivity contribution is 0.0934. The Morgan fingerprint density at radius 1 is 1.47 bits per heavy atom. The number of nitrogens with two attached hydrogens (primary N) is 1. The van der Waals surface area contributed by atoms with Crippen LogP contribution in [0.4, 0.5) is 10.1 Å². The van der Waals surface area contributed by atoms with E-state index in [1.807, 2.05) is 13.8 Å². The van der Waals surface area contributed by atoms with Crippen LogP contribution in [0.15, 0.2) is 16.6 Å². The molecule has 1 rings (SSSR count). The molecule has 0 aromatic heterocycles. The van der Waals surface area contributed by atoms with Gasteiger partial charge in [-0.25, -0.2) is 4.39 Å². The molecule has 0 aliphatic rings. The highest BCUT2D eigenvalue weighted by Gasteiger charge is 2.15. The third kappa shape index (κ3) is 3.43. The highest BCUT2D eigenvalue weighted by Crippen LogP contribution is 2.23. The van der Waals surface area contributed by atoms with Crippen LogP contribution in [-0.2, 0) is 0 Å². The highest BCUT2D eigenvalue weighted by molar-refractivity contribution is 9.10. The van der Waals surface area contributed by atoms with E-state index in [0.29, 0.717) is 10.0 Å². The van der Waals surface area contributed by atoms with Gasteiger partial charge in [0.15, 0.2) is 0 Å². The molecule has 3 nitrogen and oxygen atoms in total. The summed E-state index contributed by atoms with van der Waals surface area (Å²) < 4.78 is 13.5. The molecular weight excluding hydrogens is 287 g/mol. The van der Waals surface area contributed by atoms with Crippen LogP contribution in [0.25, 0.3) is 0 Å². The van der Waals surface area contributed by atoms with Gasteiger partial charge in [-0.3, -0.25) is 4.79 Å². The van der Waals surface area contributed by atoms with E-state index in [4.69, 9.17) is 5.73 Å². The molecule has 1 amide bonds. The van der Waals surface area contributed by atoms with Crippen LogP contribution in [0.5, 0.6) is 0 Å². The van der Waals surface area contributed by atoms with Crippen molar-refractivity contribution in [2.24, 2.45) is 0 Å². The van der Waals surface area contributed by atoms with Crippen LogP contribution in [0.3, 0.4) is 0 Å². The third-order valence-corrected chi connectivity index (χ3v) is 3.31. The predicted molar refractivity (Wildman–Crippen MR) is 70.3 cm³/mol. The van der Waals surface area contributed by atoms with Gasteiger partial charge in [0.05, 0.1) is 11.3 Å². The zero-order valence-corrected chi connectivity index (χ0v) is 11.5. The standard InChI is InChI=1S/C12H16BrFN2O/c1-3-7(4-2)16-12(17)8-5-11(15)10(14)6-9(8)13/h5-7H,3-4,15H2,1-2H3,(H,16,17). The number of hydrogen-bond donors (Lipinski definition) is 2. The summed E-state index contributed by atoms with van der Waals surface area (Å²) in [5, 5.41) is 2.87. The number of hydrogen-bond acceptors (Lipinski definition) is 2. The van der Waals surface area contributed by atoms with Gasteiger partial charge in [-0.1, -0.05) is 13.8 Å². The van der Waals surface area contributed by atoms with Crippen LogP contribution < -0.4 is 11.1 Å². The molecule has 3 N–H and O–H groups in total. The molecule has 94 valence electrons. The van der Waals surface area contributed by atoms with Gasteiger partial charge in [0.1, 0.15) is 5.82 Å².